The summed E-state index contributed by atoms with van der Waals surface area (Å²) in [6.45, 7) is 7.06. The van der Waals surface area contributed by atoms with E-state index in [1.165, 1.54) is 5.56 Å². The van der Waals surface area contributed by atoms with Crippen molar-refractivity contribution in [3.63, 3.8) is 0 Å². The van der Waals surface area contributed by atoms with E-state index >= 15 is 0 Å². The van der Waals surface area contributed by atoms with Crippen LogP contribution in [-0.4, -0.2) is 21.6 Å². The molecule has 2 aromatic carbocycles. The Hall–Kier alpha value is -4.33. The predicted molar refractivity (Wildman–Crippen MR) is 132 cm³/mol. The van der Waals surface area contributed by atoms with E-state index in [0.29, 0.717) is 30.2 Å². The first-order valence-corrected chi connectivity index (χ1v) is 11.4. The highest BCUT2D eigenvalue weighted by Crippen LogP contribution is 2.21. The Bertz CT molecular complexity index is 1320. The Morgan fingerprint density at radius 2 is 1.91 bits per heavy atom. The van der Waals surface area contributed by atoms with Gasteiger partial charge in [-0.15, -0.1) is 0 Å². The quantitative estimate of drug-likeness (QED) is 0.362. The number of benzene rings is 2. The van der Waals surface area contributed by atoms with Gasteiger partial charge in [0.25, 0.3) is 11.8 Å². The maximum atomic E-state index is 13.0. The minimum Gasteiger partial charge on any atom is -0.489 e. The fourth-order valence-electron chi connectivity index (χ4n) is 3.63. The van der Waals surface area contributed by atoms with Crippen LogP contribution in [0.4, 0.5) is 5.69 Å². The fraction of sp³-hybridized carbons (Fsp3) is 0.222. The largest absolute Gasteiger partial charge is 0.489 e. The molecule has 0 saturated carbocycles. The normalized spacial score (nSPS) is 10.7. The summed E-state index contributed by atoms with van der Waals surface area (Å²) in [5, 5.41) is 9.90. The van der Waals surface area contributed by atoms with Gasteiger partial charge in [-0.05, 0) is 62.2 Å². The van der Waals surface area contributed by atoms with Gasteiger partial charge < -0.3 is 19.8 Å². The number of furan rings is 1. The molecule has 0 unspecified atom stereocenters. The van der Waals surface area contributed by atoms with Crippen LogP contribution in [0.2, 0.25) is 0 Å². The van der Waals surface area contributed by atoms with Gasteiger partial charge in [-0.1, -0.05) is 29.8 Å². The summed E-state index contributed by atoms with van der Waals surface area (Å²) >= 11 is 0. The van der Waals surface area contributed by atoms with Crippen LogP contribution in [0.3, 0.4) is 0 Å². The van der Waals surface area contributed by atoms with Gasteiger partial charge in [-0.25, -0.2) is 0 Å². The van der Waals surface area contributed by atoms with E-state index in [9.17, 15) is 9.59 Å². The molecule has 0 spiro atoms. The van der Waals surface area contributed by atoms with Crippen LogP contribution >= 0.6 is 0 Å². The van der Waals surface area contributed by atoms with Crippen molar-refractivity contribution in [1.29, 1.82) is 0 Å². The number of aryl methyl sites for hydroxylation is 3. The minimum absolute atomic E-state index is 0.140. The van der Waals surface area contributed by atoms with Crippen LogP contribution in [0.5, 0.6) is 5.75 Å². The molecule has 180 valence electrons. The van der Waals surface area contributed by atoms with Crippen LogP contribution in [0.15, 0.2) is 71.5 Å². The number of nitrogens with zero attached hydrogens (tertiary/aromatic N) is 2. The van der Waals surface area contributed by atoms with Crippen molar-refractivity contribution in [1.82, 2.24) is 15.1 Å². The standard InChI is InChI=1S/C27H28N4O4/c1-4-31-16-23(25(30-31)27(33)28-15-22-9-6-12-34-22)29-26(32)21-8-5-7-20(14-21)17-35-24-11-10-18(2)13-19(24)3/h5-14,16H,4,15,17H2,1-3H3,(H,28,33)(H,29,32). The van der Waals surface area contributed by atoms with Crippen LogP contribution < -0.4 is 15.4 Å². The summed E-state index contributed by atoms with van der Waals surface area (Å²) in [6.07, 6.45) is 3.19. The number of hydrogen-bond donors (Lipinski definition) is 2. The number of amides is 2. The van der Waals surface area contributed by atoms with E-state index in [1.807, 2.05) is 45.0 Å². The highest BCUT2D eigenvalue weighted by molar-refractivity contribution is 6.08. The number of anilines is 1. The second-order valence-corrected chi connectivity index (χ2v) is 8.22. The molecule has 8 heteroatoms. The maximum absolute atomic E-state index is 13.0. The third kappa shape index (κ3) is 5.97. The predicted octanol–water partition coefficient (Wildman–Crippen LogP) is 4.87. The molecule has 35 heavy (non-hydrogen) atoms. The van der Waals surface area contributed by atoms with Crippen molar-refractivity contribution < 1.29 is 18.7 Å². The van der Waals surface area contributed by atoms with E-state index in [-0.39, 0.29) is 18.1 Å². The molecule has 0 aliphatic heterocycles. The first kappa shape index (κ1) is 23.8. The lowest BCUT2D eigenvalue weighted by molar-refractivity contribution is 0.0943. The minimum atomic E-state index is -0.403. The Balaban J connectivity index is 1.44. The highest BCUT2D eigenvalue weighted by Gasteiger charge is 2.19. The molecule has 4 aromatic rings. The zero-order chi connectivity index (χ0) is 24.8. The number of rotatable bonds is 9. The molecule has 2 heterocycles. The summed E-state index contributed by atoms with van der Waals surface area (Å²) in [5.74, 6) is 0.690. The molecule has 0 aliphatic rings. The lowest BCUT2D eigenvalue weighted by Gasteiger charge is -2.11. The Morgan fingerprint density at radius 3 is 2.66 bits per heavy atom. The van der Waals surface area contributed by atoms with E-state index in [0.717, 1.165) is 16.9 Å². The lowest BCUT2D eigenvalue weighted by Crippen LogP contribution is -2.25. The molecule has 8 nitrogen and oxygen atoms in total. The number of carbonyl (C=O) groups is 2. The molecule has 2 amide bonds. The maximum Gasteiger partial charge on any atom is 0.274 e. The summed E-state index contributed by atoms with van der Waals surface area (Å²) in [7, 11) is 0. The Labute approximate surface area is 203 Å². The second-order valence-electron chi connectivity index (χ2n) is 8.22. The molecular weight excluding hydrogens is 444 g/mol. The molecule has 0 saturated heterocycles. The van der Waals surface area contributed by atoms with Crippen LogP contribution in [0.1, 0.15) is 50.2 Å². The average Bonchev–Trinajstić information content (AvgIpc) is 3.52. The summed E-state index contributed by atoms with van der Waals surface area (Å²) < 4.78 is 12.8. The number of aromatic nitrogens is 2. The van der Waals surface area contributed by atoms with Gasteiger partial charge in [-0.2, -0.15) is 5.10 Å². The molecule has 0 bridgehead atoms. The zero-order valence-electron chi connectivity index (χ0n) is 20.0. The third-order valence-corrected chi connectivity index (χ3v) is 5.47. The van der Waals surface area contributed by atoms with Gasteiger partial charge in [-0.3, -0.25) is 14.3 Å². The van der Waals surface area contributed by atoms with Crippen molar-refractivity contribution in [2.24, 2.45) is 0 Å². The SMILES string of the molecule is CCn1cc(NC(=O)c2cccc(COc3ccc(C)cc3C)c2)c(C(=O)NCc2ccco2)n1. The highest BCUT2D eigenvalue weighted by atomic mass is 16.5. The van der Waals surface area contributed by atoms with E-state index in [1.54, 1.807) is 41.4 Å². The third-order valence-electron chi connectivity index (χ3n) is 5.47. The van der Waals surface area contributed by atoms with Gasteiger partial charge in [0.1, 0.15) is 18.1 Å². The Kier molecular flexibility index (Phi) is 7.30. The number of nitrogens with one attached hydrogen (secondary N) is 2. The zero-order valence-corrected chi connectivity index (χ0v) is 20.0. The molecule has 0 radical (unpaired) electrons. The first-order valence-electron chi connectivity index (χ1n) is 11.4. The summed E-state index contributed by atoms with van der Waals surface area (Å²) in [5.41, 5.74) is 4.03. The fourth-order valence-corrected chi connectivity index (χ4v) is 3.63. The van der Waals surface area contributed by atoms with Crippen LogP contribution in [0.25, 0.3) is 0 Å². The number of carbonyl (C=O) groups excluding carboxylic acids is 2. The monoisotopic (exact) mass is 472 g/mol. The molecule has 2 N–H and O–H groups in total. The topological polar surface area (TPSA) is 98.4 Å². The molecule has 0 aliphatic carbocycles. The summed E-state index contributed by atoms with van der Waals surface area (Å²) in [6, 6.07) is 16.8. The van der Waals surface area contributed by atoms with Crippen molar-refractivity contribution in [3.05, 3.63) is 101 Å². The molecule has 0 fully saturated rings. The van der Waals surface area contributed by atoms with E-state index in [4.69, 9.17) is 9.15 Å². The van der Waals surface area contributed by atoms with Crippen LogP contribution in [0, 0.1) is 13.8 Å². The van der Waals surface area contributed by atoms with Gasteiger partial charge in [0.2, 0.25) is 0 Å². The number of ether oxygens (including phenoxy) is 1. The van der Waals surface area contributed by atoms with Crippen molar-refractivity contribution in [3.8, 4) is 5.75 Å². The molecule has 4 rings (SSSR count). The number of hydrogen-bond acceptors (Lipinski definition) is 5. The van der Waals surface area contributed by atoms with Crippen LogP contribution in [-0.2, 0) is 19.7 Å². The molecule has 0 atom stereocenters. The lowest BCUT2D eigenvalue weighted by atomic mass is 10.1. The van der Waals surface area contributed by atoms with Crippen molar-refractivity contribution >= 4 is 17.5 Å². The van der Waals surface area contributed by atoms with Crippen molar-refractivity contribution in [2.45, 2.75) is 40.5 Å². The molecule has 2 aromatic heterocycles. The van der Waals surface area contributed by atoms with E-state index < -0.39 is 5.91 Å². The Morgan fingerprint density at radius 1 is 1.06 bits per heavy atom. The molecular formula is C27H28N4O4. The first-order chi connectivity index (χ1) is 16.9. The summed E-state index contributed by atoms with van der Waals surface area (Å²) in [4.78, 5) is 25.7. The smallest absolute Gasteiger partial charge is 0.274 e. The van der Waals surface area contributed by atoms with E-state index in [2.05, 4.69) is 21.8 Å². The van der Waals surface area contributed by atoms with Gasteiger partial charge in [0.05, 0.1) is 18.5 Å². The average molecular weight is 473 g/mol. The van der Waals surface area contributed by atoms with Gasteiger partial charge in [0, 0.05) is 18.3 Å². The van der Waals surface area contributed by atoms with Crippen molar-refractivity contribution in [2.75, 3.05) is 5.32 Å². The van der Waals surface area contributed by atoms with Gasteiger partial charge >= 0.3 is 0 Å². The van der Waals surface area contributed by atoms with Gasteiger partial charge in [0.15, 0.2) is 5.69 Å². The second kappa shape index (κ2) is 10.7.